The summed E-state index contributed by atoms with van der Waals surface area (Å²) in [4.78, 5) is 24.3. The van der Waals surface area contributed by atoms with Crippen molar-refractivity contribution in [1.29, 1.82) is 0 Å². The molecule has 0 heterocycles. The van der Waals surface area contributed by atoms with Crippen molar-refractivity contribution in [2.24, 2.45) is 0 Å². The van der Waals surface area contributed by atoms with Crippen LogP contribution in [0.3, 0.4) is 0 Å². The van der Waals surface area contributed by atoms with Gasteiger partial charge in [0.15, 0.2) is 6.10 Å². The molecule has 5 nitrogen and oxygen atoms in total. The Labute approximate surface area is 149 Å². The van der Waals surface area contributed by atoms with Gasteiger partial charge in [0.1, 0.15) is 5.75 Å². The van der Waals surface area contributed by atoms with Gasteiger partial charge in [-0.05, 0) is 65.7 Å². The molecule has 0 spiro atoms. The number of benzene rings is 2. The summed E-state index contributed by atoms with van der Waals surface area (Å²) in [5.74, 6) is -0.358. The highest BCUT2D eigenvalue weighted by atomic mass is 79.9. The average Bonchev–Trinajstić information content (AvgIpc) is 2.54. The number of esters is 1. The van der Waals surface area contributed by atoms with Gasteiger partial charge in [-0.2, -0.15) is 0 Å². The number of amides is 1. The minimum absolute atomic E-state index is 0.331. The zero-order chi connectivity index (χ0) is 17.7. The molecule has 2 rings (SSSR count). The molecule has 6 heteroatoms. The number of aryl methyl sites for hydroxylation is 1. The summed E-state index contributed by atoms with van der Waals surface area (Å²) in [6.45, 7) is 3.46. The number of carbonyl (C=O) groups is 2. The largest absolute Gasteiger partial charge is 0.496 e. The van der Waals surface area contributed by atoms with E-state index in [2.05, 4.69) is 21.2 Å². The van der Waals surface area contributed by atoms with E-state index in [1.165, 1.54) is 14.0 Å². The lowest BCUT2D eigenvalue weighted by molar-refractivity contribution is -0.123. The zero-order valence-electron chi connectivity index (χ0n) is 13.6. The quantitative estimate of drug-likeness (QED) is 0.783. The highest BCUT2D eigenvalue weighted by Gasteiger charge is 2.19. The van der Waals surface area contributed by atoms with E-state index in [1.807, 2.05) is 25.1 Å². The molecule has 0 aliphatic carbocycles. The third-order valence-electron chi connectivity index (χ3n) is 3.33. The Morgan fingerprint density at radius 1 is 1.17 bits per heavy atom. The molecule has 2 aromatic carbocycles. The Bertz CT molecular complexity index is 760. The van der Waals surface area contributed by atoms with Crippen molar-refractivity contribution in [2.75, 3.05) is 12.4 Å². The van der Waals surface area contributed by atoms with Gasteiger partial charge in [0.05, 0.1) is 17.1 Å². The van der Waals surface area contributed by atoms with Gasteiger partial charge in [0, 0.05) is 5.69 Å². The van der Waals surface area contributed by atoms with Crippen molar-refractivity contribution in [1.82, 2.24) is 0 Å². The van der Waals surface area contributed by atoms with Gasteiger partial charge < -0.3 is 14.8 Å². The molecular formula is C18H18BrNO4. The summed E-state index contributed by atoms with van der Waals surface area (Å²) < 4.78 is 11.0. The van der Waals surface area contributed by atoms with Crippen molar-refractivity contribution in [2.45, 2.75) is 20.0 Å². The van der Waals surface area contributed by atoms with Crippen molar-refractivity contribution < 1.29 is 19.1 Å². The van der Waals surface area contributed by atoms with Crippen molar-refractivity contribution >= 4 is 33.5 Å². The van der Waals surface area contributed by atoms with Crippen LogP contribution in [0, 0.1) is 6.92 Å². The van der Waals surface area contributed by atoms with Crippen molar-refractivity contribution in [3.8, 4) is 5.75 Å². The summed E-state index contributed by atoms with van der Waals surface area (Å²) in [6, 6.07) is 12.2. The summed E-state index contributed by atoms with van der Waals surface area (Å²) in [6.07, 6.45) is -0.918. The Morgan fingerprint density at radius 2 is 1.92 bits per heavy atom. The Kier molecular flexibility index (Phi) is 5.98. The van der Waals surface area contributed by atoms with Gasteiger partial charge >= 0.3 is 5.97 Å². The van der Waals surface area contributed by atoms with E-state index in [-0.39, 0.29) is 5.91 Å². The molecule has 1 N–H and O–H groups in total. The lowest BCUT2D eigenvalue weighted by Gasteiger charge is -2.14. The fourth-order valence-electron chi connectivity index (χ4n) is 2.04. The first-order valence-corrected chi connectivity index (χ1v) is 8.12. The molecule has 1 amide bonds. The monoisotopic (exact) mass is 391 g/mol. The maximum atomic E-state index is 12.2. The summed E-state index contributed by atoms with van der Waals surface area (Å²) in [5.41, 5.74) is 2.02. The van der Waals surface area contributed by atoms with E-state index in [9.17, 15) is 9.59 Å². The van der Waals surface area contributed by atoms with Crippen molar-refractivity contribution in [3.63, 3.8) is 0 Å². The van der Waals surface area contributed by atoms with Gasteiger partial charge in [-0.1, -0.05) is 12.1 Å². The molecule has 0 unspecified atom stereocenters. The van der Waals surface area contributed by atoms with E-state index in [1.54, 1.807) is 24.3 Å². The van der Waals surface area contributed by atoms with E-state index in [0.29, 0.717) is 21.5 Å². The maximum Gasteiger partial charge on any atom is 0.338 e. The van der Waals surface area contributed by atoms with Crippen LogP contribution in [0.25, 0.3) is 0 Å². The highest BCUT2D eigenvalue weighted by Crippen LogP contribution is 2.26. The molecule has 1 atom stereocenters. The Morgan fingerprint density at radius 3 is 2.54 bits per heavy atom. The van der Waals surface area contributed by atoms with E-state index >= 15 is 0 Å². The molecule has 2 aromatic rings. The van der Waals surface area contributed by atoms with Crippen LogP contribution >= 0.6 is 15.9 Å². The number of nitrogens with one attached hydrogen (secondary N) is 1. The lowest BCUT2D eigenvalue weighted by atomic mass is 10.2. The minimum Gasteiger partial charge on any atom is -0.496 e. The van der Waals surface area contributed by atoms with Gasteiger partial charge in [0.25, 0.3) is 5.91 Å². The third-order valence-corrected chi connectivity index (χ3v) is 3.95. The van der Waals surface area contributed by atoms with Crippen LogP contribution in [0.2, 0.25) is 0 Å². The summed E-state index contributed by atoms with van der Waals surface area (Å²) in [5, 5.41) is 2.72. The molecule has 0 aliphatic heterocycles. The summed E-state index contributed by atoms with van der Waals surface area (Å²) >= 11 is 3.31. The van der Waals surface area contributed by atoms with E-state index in [4.69, 9.17) is 9.47 Å². The highest BCUT2D eigenvalue weighted by molar-refractivity contribution is 9.10. The summed E-state index contributed by atoms with van der Waals surface area (Å²) in [7, 11) is 1.54. The molecule has 0 aliphatic rings. The molecule has 24 heavy (non-hydrogen) atoms. The van der Waals surface area contributed by atoms with E-state index in [0.717, 1.165) is 5.56 Å². The number of halogens is 1. The molecule has 0 saturated heterocycles. The fourth-order valence-corrected chi connectivity index (χ4v) is 2.58. The molecule has 0 saturated carbocycles. The fraction of sp³-hybridized carbons (Fsp3) is 0.222. The number of hydrogen-bond donors (Lipinski definition) is 1. The second-order valence-electron chi connectivity index (χ2n) is 5.26. The first-order chi connectivity index (χ1) is 11.4. The number of hydrogen-bond acceptors (Lipinski definition) is 4. The SMILES string of the molecule is COc1ccc(C(=O)O[C@H](C)C(=O)Nc2cccc(C)c2)cc1Br. The second-order valence-corrected chi connectivity index (χ2v) is 6.11. The zero-order valence-corrected chi connectivity index (χ0v) is 15.2. The average molecular weight is 392 g/mol. The topological polar surface area (TPSA) is 64.6 Å². The maximum absolute atomic E-state index is 12.2. The number of methoxy groups -OCH3 is 1. The minimum atomic E-state index is -0.918. The van der Waals surface area contributed by atoms with Crippen LogP contribution in [0.15, 0.2) is 46.9 Å². The normalized spacial score (nSPS) is 11.5. The van der Waals surface area contributed by atoms with Crippen LogP contribution in [0.4, 0.5) is 5.69 Å². The molecular weight excluding hydrogens is 374 g/mol. The smallest absolute Gasteiger partial charge is 0.338 e. The van der Waals surface area contributed by atoms with Crippen LogP contribution in [0.1, 0.15) is 22.8 Å². The number of rotatable bonds is 5. The first kappa shape index (κ1) is 18.0. The first-order valence-electron chi connectivity index (χ1n) is 7.32. The predicted molar refractivity (Wildman–Crippen MR) is 95.4 cm³/mol. The second kappa shape index (κ2) is 7.97. The Balaban J connectivity index is 2.00. The van der Waals surface area contributed by atoms with Gasteiger partial charge in [0.2, 0.25) is 0 Å². The van der Waals surface area contributed by atoms with Crippen LogP contribution < -0.4 is 10.1 Å². The lowest BCUT2D eigenvalue weighted by Crippen LogP contribution is -2.30. The molecule has 0 bridgehead atoms. The van der Waals surface area contributed by atoms with Gasteiger partial charge in [-0.15, -0.1) is 0 Å². The number of carbonyl (C=O) groups excluding carboxylic acids is 2. The van der Waals surface area contributed by atoms with Gasteiger partial charge in [-0.25, -0.2) is 4.79 Å². The van der Waals surface area contributed by atoms with Crippen LogP contribution in [0.5, 0.6) is 5.75 Å². The number of anilines is 1. The molecule has 0 radical (unpaired) electrons. The standard InChI is InChI=1S/C18H18BrNO4/c1-11-5-4-6-14(9-11)20-17(21)12(2)24-18(22)13-7-8-16(23-3)15(19)10-13/h4-10,12H,1-3H3,(H,20,21)/t12-/m1/s1. The predicted octanol–water partition coefficient (Wildman–Crippen LogP) is 3.95. The number of ether oxygens (including phenoxy) is 2. The Hall–Kier alpha value is -2.34. The molecule has 126 valence electrons. The molecule has 0 aromatic heterocycles. The van der Waals surface area contributed by atoms with Crippen molar-refractivity contribution in [3.05, 3.63) is 58.1 Å². The van der Waals surface area contributed by atoms with Crippen LogP contribution in [-0.2, 0) is 9.53 Å². The van der Waals surface area contributed by atoms with Gasteiger partial charge in [-0.3, -0.25) is 4.79 Å². The van der Waals surface area contributed by atoms with Crippen LogP contribution in [-0.4, -0.2) is 25.1 Å². The third kappa shape index (κ3) is 4.58. The van der Waals surface area contributed by atoms with E-state index < -0.39 is 12.1 Å². The molecule has 0 fully saturated rings.